The molecular weight excluding hydrogens is 148 g/mol. The van der Waals surface area contributed by atoms with Crippen molar-refractivity contribution in [2.45, 2.75) is 12.8 Å². The first-order valence-corrected chi connectivity index (χ1v) is 3.31. The van der Waals surface area contributed by atoms with Crippen molar-refractivity contribution in [3.8, 4) is 0 Å². The Bertz CT molecular complexity index is 235. The second-order valence-corrected chi connectivity index (χ2v) is 2.34. The zero-order valence-corrected chi connectivity index (χ0v) is 5.93. The molecule has 1 aromatic rings. The molecule has 0 radical (unpaired) electrons. The van der Waals surface area contributed by atoms with Crippen LogP contribution in [0.5, 0.6) is 0 Å². The van der Waals surface area contributed by atoms with Crippen LogP contribution < -0.4 is 5.73 Å². The van der Waals surface area contributed by atoms with Gasteiger partial charge < -0.3 is 5.73 Å². The Balaban J connectivity index is 2.71. The summed E-state index contributed by atoms with van der Waals surface area (Å²) >= 11 is 0. The molecule has 0 spiro atoms. The monoisotopic (exact) mass is 157 g/mol. The Morgan fingerprint density at radius 3 is 2.64 bits per heavy atom. The van der Waals surface area contributed by atoms with E-state index >= 15 is 0 Å². The SMILES string of the molecule is Nc1cccc(CC(F)F)c1. The highest BCUT2D eigenvalue weighted by Crippen LogP contribution is 2.10. The van der Waals surface area contributed by atoms with Crippen molar-refractivity contribution in [3.05, 3.63) is 29.8 Å². The molecule has 0 amide bonds. The summed E-state index contributed by atoms with van der Waals surface area (Å²) in [7, 11) is 0. The Morgan fingerprint density at radius 2 is 2.09 bits per heavy atom. The average Bonchev–Trinajstić information content (AvgIpc) is 1.85. The van der Waals surface area contributed by atoms with E-state index in [4.69, 9.17) is 5.73 Å². The van der Waals surface area contributed by atoms with Crippen LogP contribution in [0.3, 0.4) is 0 Å². The van der Waals surface area contributed by atoms with Gasteiger partial charge in [0.05, 0.1) is 0 Å². The van der Waals surface area contributed by atoms with Gasteiger partial charge in [0.2, 0.25) is 6.43 Å². The zero-order valence-electron chi connectivity index (χ0n) is 5.93. The zero-order chi connectivity index (χ0) is 8.27. The first-order valence-electron chi connectivity index (χ1n) is 3.31. The Hall–Kier alpha value is -1.12. The summed E-state index contributed by atoms with van der Waals surface area (Å²) < 4.78 is 23.6. The van der Waals surface area contributed by atoms with Crippen molar-refractivity contribution >= 4 is 5.69 Å². The molecule has 0 bridgehead atoms. The molecule has 11 heavy (non-hydrogen) atoms. The van der Waals surface area contributed by atoms with Gasteiger partial charge in [-0.15, -0.1) is 0 Å². The van der Waals surface area contributed by atoms with Crippen molar-refractivity contribution < 1.29 is 8.78 Å². The molecule has 1 nitrogen and oxygen atoms in total. The van der Waals surface area contributed by atoms with Crippen molar-refractivity contribution in [3.63, 3.8) is 0 Å². The number of hydrogen-bond acceptors (Lipinski definition) is 1. The van der Waals surface area contributed by atoms with Crippen LogP contribution in [0.15, 0.2) is 24.3 Å². The van der Waals surface area contributed by atoms with Crippen molar-refractivity contribution in [1.82, 2.24) is 0 Å². The molecule has 0 aromatic heterocycles. The number of halogens is 2. The Kier molecular flexibility index (Phi) is 2.41. The van der Waals surface area contributed by atoms with E-state index in [0.29, 0.717) is 11.3 Å². The first-order chi connectivity index (χ1) is 5.18. The van der Waals surface area contributed by atoms with Crippen LogP contribution in [-0.2, 0) is 6.42 Å². The average molecular weight is 157 g/mol. The maximum absolute atomic E-state index is 11.8. The second-order valence-electron chi connectivity index (χ2n) is 2.34. The lowest BCUT2D eigenvalue weighted by atomic mass is 10.1. The largest absolute Gasteiger partial charge is 0.399 e. The smallest absolute Gasteiger partial charge is 0.242 e. The maximum Gasteiger partial charge on any atom is 0.242 e. The number of alkyl halides is 2. The minimum Gasteiger partial charge on any atom is -0.399 e. The third-order valence-electron chi connectivity index (χ3n) is 1.34. The topological polar surface area (TPSA) is 26.0 Å². The highest BCUT2D eigenvalue weighted by molar-refractivity contribution is 5.40. The molecule has 2 N–H and O–H groups in total. The molecule has 0 aliphatic rings. The molecule has 3 heteroatoms. The van der Waals surface area contributed by atoms with Gasteiger partial charge in [-0.3, -0.25) is 0 Å². The van der Waals surface area contributed by atoms with Crippen molar-refractivity contribution in [2.24, 2.45) is 0 Å². The molecule has 0 heterocycles. The Morgan fingerprint density at radius 1 is 1.36 bits per heavy atom. The lowest BCUT2D eigenvalue weighted by Gasteiger charge is -2.00. The molecular formula is C8H9F2N. The van der Waals surface area contributed by atoms with Crippen LogP contribution in [0.2, 0.25) is 0 Å². The van der Waals surface area contributed by atoms with Gasteiger partial charge in [0, 0.05) is 12.1 Å². The lowest BCUT2D eigenvalue weighted by Crippen LogP contribution is -1.97. The summed E-state index contributed by atoms with van der Waals surface area (Å²) in [5.74, 6) is 0. The number of hydrogen-bond donors (Lipinski definition) is 1. The quantitative estimate of drug-likeness (QED) is 0.653. The van der Waals surface area contributed by atoms with Gasteiger partial charge in [0.25, 0.3) is 0 Å². The molecule has 1 rings (SSSR count). The fraction of sp³-hybridized carbons (Fsp3) is 0.250. The number of nitrogens with two attached hydrogens (primary N) is 1. The molecule has 0 saturated heterocycles. The Labute approximate surface area is 63.8 Å². The van der Waals surface area contributed by atoms with Gasteiger partial charge in [0.1, 0.15) is 0 Å². The number of anilines is 1. The summed E-state index contributed by atoms with van der Waals surface area (Å²) in [5, 5.41) is 0. The van der Waals surface area contributed by atoms with Crippen LogP contribution in [0.25, 0.3) is 0 Å². The summed E-state index contributed by atoms with van der Waals surface area (Å²) in [6, 6.07) is 6.55. The van der Waals surface area contributed by atoms with Crippen LogP contribution in [-0.4, -0.2) is 6.43 Å². The molecule has 0 saturated carbocycles. The van der Waals surface area contributed by atoms with Crippen LogP contribution in [0.1, 0.15) is 5.56 Å². The molecule has 0 unspecified atom stereocenters. The van der Waals surface area contributed by atoms with Gasteiger partial charge in [-0.05, 0) is 17.7 Å². The summed E-state index contributed by atoms with van der Waals surface area (Å²) in [6.07, 6.45) is -2.51. The molecule has 0 fully saturated rings. The van der Waals surface area contributed by atoms with E-state index in [1.807, 2.05) is 0 Å². The maximum atomic E-state index is 11.8. The second kappa shape index (κ2) is 3.32. The number of benzene rings is 1. The van der Waals surface area contributed by atoms with Gasteiger partial charge in [-0.2, -0.15) is 0 Å². The van der Waals surface area contributed by atoms with Gasteiger partial charge in [0.15, 0.2) is 0 Å². The molecule has 0 atom stereocenters. The van der Waals surface area contributed by atoms with Crippen molar-refractivity contribution in [1.29, 1.82) is 0 Å². The summed E-state index contributed by atoms with van der Waals surface area (Å²) in [5.41, 5.74) is 6.50. The first kappa shape index (κ1) is 7.98. The minimum absolute atomic E-state index is 0.217. The normalized spacial score (nSPS) is 10.5. The highest BCUT2D eigenvalue weighted by atomic mass is 19.3. The molecule has 60 valence electrons. The van der Waals surface area contributed by atoms with Crippen LogP contribution in [0, 0.1) is 0 Å². The van der Waals surface area contributed by atoms with E-state index in [9.17, 15) is 8.78 Å². The predicted molar refractivity (Wildman–Crippen MR) is 40.6 cm³/mol. The van der Waals surface area contributed by atoms with E-state index in [1.165, 1.54) is 0 Å². The molecule has 1 aromatic carbocycles. The third kappa shape index (κ3) is 2.53. The summed E-state index contributed by atoms with van der Waals surface area (Å²) in [6.45, 7) is 0. The van der Waals surface area contributed by atoms with Crippen molar-refractivity contribution in [2.75, 3.05) is 5.73 Å². The fourth-order valence-electron chi connectivity index (χ4n) is 0.898. The number of rotatable bonds is 2. The van der Waals surface area contributed by atoms with Crippen LogP contribution in [0.4, 0.5) is 14.5 Å². The predicted octanol–water partition coefficient (Wildman–Crippen LogP) is 2.08. The lowest BCUT2D eigenvalue weighted by molar-refractivity contribution is 0.149. The molecule has 0 aliphatic carbocycles. The summed E-state index contributed by atoms with van der Waals surface area (Å²) in [4.78, 5) is 0. The van der Waals surface area contributed by atoms with Gasteiger partial charge >= 0.3 is 0 Å². The van der Waals surface area contributed by atoms with E-state index in [2.05, 4.69) is 0 Å². The van der Waals surface area contributed by atoms with Gasteiger partial charge in [-0.1, -0.05) is 12.1 Å². The van der Waals surface area contributed by atoms with E-state index < -0.39 is 6.43 Å². The highest BCUT2D eigenvalue weighted by Gasteiger charge is 2.03. The fourth-order valence-corrected chi connectivity index (χ4v) is 0.898. The number of nitrogen functional groups attached to an aromatic ring is 1. The minimum atomic E-state index is -2.29. The van der Waals surface area contributed by atoms with E-state index in [1.54, 1.807) is 24.3 Å². The third-order valence-corrected chi connectivity index (χ3v) is 1.34. The van der Waals surface area contributed by atoms with E-state index in [0.717, 1.165) is 0 Å². The van der Waals surface area contributed by atoms with Gasteiger partial charge in [-0.25, -0.2) is 8.78 Å². The van der Waals surface area contributed by atoms with E-state index in [-0.39, 0.29) is 6.42 Å². The standard InChI is InChI=1S/C8H9F2N/c9-8(10)5-6-2-1-3-7(11)4-6/h1-4,8H,5,11H2. The van der Waals surface area contributed by atoms with Crippen LogP contribution >= 0.6 is 0 Å². The molecule has 0 aliphatic heterocycles.